The Labute approximate surface area is 107 Å². The monoisotopic (exact) mass is 259 g/mol. The summed E-state index contributed by atoms with van der Waals surface area (Å²) in [5, 5.41) is 0. The van der Waals surface area contributed by atoms with Crippen LogP contribution in [0.5, 0.6) is 0 Å². The number of hydrogen-bond donors (Lipinski definition) is 0. The number of esters is 1. The number of rotatable bonds is 4. The van der Waals surface area contributed by atoms with Crippen LogP contribution in [0.3, 0.4) is 0 Å². The summed E-state index contributed by atoms with van der Waals surface area (Å²) in [6, 6.07) is 0. The lowest BCUT2D eigenvalue weighted by molar-refractivity contribution is -0.146. The maximum Gasteiger partial charge on any atom is 0.310 e. The van der Waals surface area contributed by atoms with E-state index in [1.165, 1.54) is 7.11 Å². The first-order chi connectivity index (χ1) is 7.90. The number of methoxy groups -OCH3 is 1. The van der Waals surface area contributed by atoms with Crippen molar-refractivity contribution in [1.29, 1.82) is 0 Å². The van der Waals surface area contributed by atoms with E-state index in [1.807, 2.05) is 6.92 Å². The van der Waals surface area contributed by atoms with Crippen LogP contribution in [-0.4, -0.2) is 48.0 Å². The molecule has 5 heteroatoms. The first kappa shape index (κ1) is 14.4. The van der Waals surface area contributed by atoms with Crippen LogP contribution in [0.4, 0.5) is 0 Å². The molecule has 1 saturated heterocycles. The van der Waals surface area contributed by atoms with Gasteiger partial charge in [0.2, 0.25) is 5.91 Å². The fraction of sp³-hybridized carbons (Fsp3) is 0.833. The molecular formula is C12H21NO3S. The van der Waals surface area contributed by atoms with Gasteiger partial charge in [0.1, 0.15) is 0 Å². The van der Waals surface area contributed by atoms with E-state index in [2.05, 4.69) is 4.74 Å². The maximum atomic E-state index is 12.3. The van der Waals surface area contributed by atoms with Crippen molar-refractivity contribution in [2.45, 2.75) is 31.4 Å². The highest BCUT2D eigenvalue weighted by Crippen LogP contribution is 2.39. The molecule has 0 aliphatic carbocycles. The van der Waals surface area contributed by atoms with E-state index in [9.17, 15) is 9.59 Å². The molecule has 17 heavy (non-hydrogen) atoms. The topological polar surface area (TPSA) is 46.6 Å². The van der Waals surface area contributed by atoms with Gasteiger partial charge >= 0.3 is 5.97 Å². The second-order valence-electron chi connectivity index (χ2n) is 4.79. The Hall–Kier alpha value is -0.710. The minimum absolute atomic E-state index is 0.121. The normalized spacial score (nSPS) is 25.4. The molecule has 0 N–H and O–H groups in total. The lowest BCUT2D eigenvalue weighted by atomic mass is 10.0. The van der Waals surface area contributed by atoms with E-state index in [4.69, 9.17) is 0 Å². The van der Waals surface area contributed by atoms with Crippen molar-refractivity contribution in [3.8, 4) is 0 Å². The summed E-state index contributed by atoms with van der Waals surface area (Å²) in [5.74, 6) is 0.622. The van der Waals surface area contributed by atoms with Crippen LogP contribution < -0.4 is 0 Å². The largest absolute Gasteiger partial charge is 0.469 e. The van der Waals surface area contributed by atoms with Crippen molar-refractivity contribution in [3.05, 3.63) is 0 Å². The van der Waals surface area contributed by atoms with Gasteiger partial charge in [0, 0.05) is 13.6 Å². The lowest BCUT2D eigenvalue weighted by Crippen LogP contribution is -2.44. The van der Waals surface area contributed by atoms with Gasteiger partial charge in [0.15, 0.2) is 0 Å². The molecule has 1 fully saturated rings. The Kier molecular flexibility index (Phi) is 4.86. The van der Waals surface area contributed by atoms with Crippen LogP contribution in [0.1, 0.15) is 26.7 Å². The van der Waals surface area contributed by atoms with Gasteiger partial charge in [-0.05, 0) is 25.5 Å². The molecule has 0 aromatic carbocycles. The summed E-state index contributed by atoms with van der Waals surface area (Å²) < 4.78 is 4.36. The molecule has 1 aliphatic rings. The fourth-order valence-corrected chi connectivity index (χ4v) is 3.43. The minimum atomic E-state index is -0.301. The van der Waals surface area contributed by atoms with Gasteiger partial charge in [0.05, 0.1) is 17.8 Å². The maximum absolute atomic E-state index is 12.3. The molecule has 2 atom stereocenters. The molecule has 0 aromatic rings. The van der Waals surface area contributed by atoms with Gasteiger partial charge in [0.25, 0.3) is 0 Å². The Morgan fingerprint density at radius 3 is 2.65 bits per heavy atom. The molecule has 0 radical (unpaired) electrons. The predicted octanol–water partition coefficient (Wildman–Crippen LogP) is 1.54. The summed E-state index contributed by atoms with van der Waals surface area (Å²) in [5.41, 5.74) is 0. The number of carbonyl (C=O) groups excluding carboxylic acids is 2. The van der Waals surface area contributed by atoms with Crippen LogP contribution in [0, 0.1) is 5.92 Å². The van der Waals surface area contributed by atoms with Crippen LogP contribution >= 0.6 is 11.8 Å². The van der Waals surface area contributed by atoms with Crippen LogP contribution in [0.25, 0.3) is 0 Å². The zero-order chi connectivity index (χ0) is 13.1. The summed E-state index contributed by atoms with van der Waals surface area (Å²) in [6.07, 6.45) is 2.01. The van der Waals surface area contributed by atoms with Crippen molar-refractivity contribution in [2.24, 2.45) is 5.92 Å². The first-order valence-electron chi connectivity index (χ1n) is 5.88. The number of amides is 1. The first-order valence-corrected chi connectivity index (χ1v) is 6.86. The number of ether oxygens (including phenoxy) is 1. The van der Waals surface area contributed by atoms with Gasteiger partial charge in [-0.1, -0.05) is 6.92 Å². The SMILES string of the molecule is COC(=O)C(C)CN(C)C(=O)C1(C)CCCS1. The summed E-state index contributed by atoms with van der Waals surface area (Å²) in [7, 11) is 3.13. The van der Waals surface area contributed by atoms with E-state index >= 15 is 0 Å². The molecule has 0 saturated carbocycles. The van der Waals surface area contributed by atoms with E-state index in [-0.39, 0.29) is 22.5 Å². The van der Waals surface area contributed by atoms with Crippen molar-refractivity contribution >= 4 is 23.6 Å². The fourth-order valence-electron chi connectivity index (χ4n) is 2.12. The summed E-state index contributed by atoms with van der Waals surface area (Å²) in [4.78, 5) is 25.2. The average molecular weight is 259 g/mol. The molecule has 1 amide bonds. The Balaban J connectivity index is 2.55. The molecule has 1 aliphatic heterocycles. The smallest absolute Gasteiger partial charge is 0.310 e. The average Bonchev–Trinajstić information content (AvgIpc) is 2.75. The van der Waals surface area contributed by atoms with E-state index < -0.39 is 0 Å². The van der Waals surface area contributed by atoms with Crippen LogP contribution in [-0.2, 0) is 14.3 Å². The lowest BCUT2D eigenvalue weighted by Gasteiger charge is -2.29. The van der Waals surface area contributed by atoms with E-state index in [1.54, 1.807) is 30.6 Å². The van der Waals surface area contributed by atoms with Gasteiger partial charge in [-0.2, -0.15) is 0 Å². The minimum Gasteiger partial charge on any atom is -0.469 e. The van der Waals surface area contributed by atoms with Crippen LogP contribution in [0.15, 0.2) is 0 Å². The third-order valence-electron chi connectivity index (χ3n) is 3.17. The molecule has 1 rings (SSSR count). The highest BCUT2D eigenvalue weighted by atomic mass is 32.2. The second kappa shape index (κ2) is 5.76. The molecule has 2 unspecified atom stereocenters. The van der Waals surface area contributed by atoms with Gasteiger partial charge in [-0.15, -0.1) is 11.8 Å². The number of hydrogen-bond acceptors (Lipinski definition) is 4. The Bertz CT molecular complexity index is 300. The third-order valence-corrected chi connectivity index (χ3v) is 4.68. The van der Waals surface area contributed by atoms with Crippen molar-refractivity contribution < 1.29 is 14.3 Å². The highest BCUT2D eigenvalue weighted by molar-refractivity contribution is 8.01. The van der Waals surface area contributed by atoms with Crippen molar-refractivity contribution in [2.75, 3.05) is 26.5 Å². The molecule has 4 nitrogen and oxygen atoms in total. The molecule has 0 aromatic heterocycles. The van der Waals surface area contributed by atoms with Crippen LogP contribution in [0.2, 0.25) is 0 Å². The summed E-state index contributed by atoms with van der Waals surface area (Å²) >= 11 is 1.71. The Morgan fingerprint density at radius 1 is 1.53 bits per heavy atom. The quantitative estimate of drug-likeness (QED) is 0.719. The van der Waals surface area contributed by atoms with Crippen molar-refractivity contribution in [3.63, 3.8) is 0 Å². The highest BCUT2D eigenvalue weighted by Gasteiger charge is 2.39. The predicted molar refractivity (Wildman–Crippen MR) is 68.9 cm³/mol. The summed E-state index contributed by atoms with van der Waals surface area (Å²) in [6.45, 7) is 4.19. The molecule has 0 spiro atoms. The van der Waals surface area contributed by atoms with Gasteiger partial charge < -0.3 is 9.64 Å². The van der Waals surface area contributed by atoms with Gasteiger partial charge in [-0.25, -0.2) is 0 Å². The van der Waals surface area contributed by atoms with Gasteiger partial charge in [-0.3, -0.25) is 9.59 Å². The van der Waals surface area contributed by atoms with E-state index in [0.29, 0.717) is 6.54 Å². The molecule has 1 heterocycles. The second-order valence-corrected chi connectivity index (χ2v) is 6.39. The molecule has 0 bridgehead atoms. The van der Waals surface area contributed by atoms with Crippen molar-refractivity contribution in [1.82, 2.24) is 4.90 Å². The molecular weight excluding hydrogens is 238 g/mol. The standard InChI is InChI=1S/C12H21NO3S/c1-9(10(14)16-4)8-13(3)11(15)12(2)6-5-7-17-12/h9H,5-8H2,1-4H3. The third kappa shape index (κ3) is 3.37. The van der Waals surface area contributed by atoms with E-state index in [0.717, 1.165) is 18.6 Å². The zero-order valence-corrected chi connectivity index (χ0v) is 11.8. The zero-order valence-electron chi connectivity index (χ0n) is 11.0. The number of carbonyl (C=O) groups is 2. The molecule has 98 valence electrons. The number of thioether (sulfide) groups is 1. The Morgan fingerprint density at radius 2 is 2.18 bits per heavy atom. The number of nitrogens with zero attached hydrogens (tertiary/aromatic N) is 1.